The van der Waals surface area contributed by atoms with Crippen molar-refractivity contribution in [1.82, 2.24) is 0 Å². The Hall–Kier alpha value is -0.760. The lowest BCUT2D eigenvalue weighted by molar-refractivity contribution is -0.168. The Bertz CT molecular complexity index is 335. The molecule has 0 radical (unpaired) electrons. The van der Waals surface area contributed by atoms with E-state index in [1.807, 2.05) is 0 Å². The number of ether oxygens (including phenoxy) is 1. The Morgan fingerprint density at radius 2 is 1.73 bits per heavy atom. The zero-order valence-electron chi connectivity index (χ0n) is 8.40. The third-order valence-electron chi connectivity index (χ3n) is 1.79. The number of halogens is 2. The maximum atomic E-state index is 12.6. The number of hydrogen-bond donors (Lipinski definition) is 1. The summed E-state index contributed by atoms with van der Waals surface area (Å²) >= 11 is 0. The first-order chi connectivity index (χ1) is 6.50. The molecule has 0 heterocycles. The summed E-state index contributed by atoms with van der Waals surface area (Å²) in [5, 5.41) is -4.92. The summed E-state index contributed by atoms with van der Waals surface area (Å²) in [6.45, 7) is 4.54. The predicted octanol–water partition coefficient (Wildman–Crippen LogP) is 1.05. The second kappa shape index (κ2) is 4.40. The fourth-order valence-electron chi connectivity index (χ4n) is 0.479. The predicted molar refractivity (Wildman–Crippen MR) is 46.9 cm³/mol. The van der Waals surface area contributed by atoms with Gasteiger partial charge < -0.3 is 4.74 Å². The van der Waals surface area contributed by atoms with Crippen LogP contribution < -0.4 is 0 Å². The van der Waals surface area contributed by atoms with E-state index in [0.29, 0.717) is 0 Å². The van der Waals surface area contributed by atoms with E-state index in [9.17, 15) is 22.0 Å². The minimum Gasteiger partial charge on any atom is -0.457 e. The number of carbonyl (C=O) groups is 1. The van der Waals surface area contributed by atoms with Crippen LogP contribution in [0.25, 0.3) is 0 Å². The molecule has 0 aliphatic rings. The molecule has 1 unspecified atom stereocenters. The van der Waals surface area contributed by atoms with Crippen molar-refractivity contribution < 1.29 is 31.3 Å². The molecule has 0 spiro atoms. The van der Waals surface area contributed by atoms with Gasteiger partial charge in [0.2, 0.25) is 0 Å². The molecular weight excluding hydrogens is 234 g/mol. The van der Waals surface area contributed by atoms with Crippen LogP contribution in [-0.2, 0) is 19.6 Å². The molecule has 0 aromatic rings. The van der Waals surface area contributed by atoms with Gasteiger partial charge in [-0.3, -0.25) is 4.55 Å². The lowest BCUT2D eigenvalue weighted by Gasteiger charge is -2.19. The smallest absolute Gasteiger partial charge is 0.457 e. The van der Waals surface area contributed by atoms with Crippen LogP contribution in [0, 0.1) is 5.92 Å². The molecule has 8 heteroatoms. The average molecular weight is 246 g/mol. The molecule has 0 bridgehead atoms. The molecule has 0 fully saturated rings. The van der Waals surface area contributed by atoms with Crippen LogP contribution in [0.3, 0.4) is 0 Å². The quantitative estimate of drug-likeness (QED) is 0.592. The van der Waals surface area contributed by atoms with E-state index in [0.717, 1.165) is 0 Å². The third kappa shape index (κ3) is 3.38. The fourth-order valence-corrected chi connectivity index (χ4v) is 0.738. The Kier molecular flexibility index (Phi) is 4.17. The standard InChI is InChI=1S/C7H12F2O5S/c1-4(2)5(3)14-6(10)7(8,9)15(11,12)13/h4-5H,1-3H3,(H,11,12,13). The number of hydrogen-bond acceptors (Lipinski definition) is 4. The van der Waals surface area contributed by atoms with Crippen LogP contribution in [0.5, 0.6) is 0 Å². The molecule has 1 atom stereocenters. The zero-order chi connectivity index (χ0) is 12.4. The van der Waals surface area contributed by atoms with Gasteiger partial charge in [0.1, 0.15) is 6.10 Å². The zero-order valence-corrected chi connectivity index (χ0v) is 9.22. The van der Waals surface area contributed by atoms with Crippen molar-refractivity contribution in [3.05, 3.63) is 0 Å². The first-order valence-corrected chi connectivity index (χ1v) is 5.50. The molecule has 0 saturated heterocycles. The van der Waals surface area contributed by atoms with E-state index >= 15 is 0 Å². The Labute approximate surface area is 86.2 Å². The largest absolute Gasteiger partial charge is 0.465 e. The van der Waals surface area contributed by atoms with Crippen molar-refractivity contribution in [2.24, 2.45) is 5.92 Å². The molecule has 0 aromatic heterocycles. The molecule has 0 aromatic carbocycles. The highest BCUT2D eigenvalue weighted by molar-refractivity contribution is 7.87. The Morgan fingerprint density at radius 1 is 1.33 bits per heavy atom. The normalized spacial score (nSPS) is 15.1. The Morgan fingerprint density at radius 3 is 2.00 bits per heavy atom. The first kappa shape index (κ1) is 14.2. The van der Waals surface area contributed by atoms with Crippen molar-refractivity contribution >= 4 is 16.1 Å². The number of esters is 1. The summed E-state index contributed by atoms with van der Waals surface area (Å²) in [6, 6.07) is 0. The highest BCUT2D eigenvalue weighted by Crippen LogP contribution is 2.23. The topological polar surface area (TPSA) is 80.7 Å². The fraction of sp³-hybridized carbons (Fsp3) is 0.857. The minimum absolute atomic E-state index is 0.244. The van der Waals surface area contributed by atoms with Gasteiger partial charge >= 0.3 is 21.3 Å². The van der Waals surface area contributed by atoms with Gasteiger partial charge in [0, 0.05) is 0 Å². The van der Waals surface area contributed by atoms with Crippen LogP contribution in [0.2, 0.25) is 0 Å². The molecule has 15 heavy (non-hydrogen) atoms. The van der Waals surface area contributed by atoms with Gasteiger partial charge in [-0.1, -0.05) is 13.8 Å². The maximum absolute atomic E-state index is 12.6. The molecule has 0 saturated carbocycles. The molecule has 5 nitrogen and oxygen atoms in total. The van der Waals surface area contributed by atoms with Crippen LogP contribution in [0.1, 0.15) is 20.8 Å². The number of rotatable bonds is 4. The molecule has 0 aliphatic heterocycles. The molecular formula is C7H12F2O5S. The van der Waals surface area contributed by atoms with Gasteiger partial charge in [0.25, 0.3) is 0 Å². The lowest BCUT2D eigenvalue weighted by atomic mass is 10.1. The summed E-state index contributed by atoms with van der Waals surface area (Å²) in [4.78, 5) is 10.7. The van der Waals surface area contributed by atoms with Gasteiger partial charge in [-0.25, -0.2) is 4.79 Å². The van der Waals surface area contributed by atoms with Crippen LogP contribution in [0.15, 0.2) is 0 Å². The van der Waals surface area contributed by atoms with Gasteiger partial charge in [-0.2, -0.15) is 17.2 Å². The van der Waals surface area contributed by atoms with Crippen LogP contribution in [-0.4, -0.2) is 30.3 Å². The van der Waals surface area contributed by atoms with E-state index in [1.165, 1.54) is 6.92 Å². The molecule has 90 valence electrons. The van der Waals surface area contributed by atoms with E-state index in [-0.39, 0.29) is 5.92 Å². The molecule has 0 amide bonds. The molecule has 0 aliphatic carbocycles. The van der Waals surface area contributed by atoms with E-state index in [1.54, 1.807) is 13.8 Å². The maximum Gasteiger partial charge on any atom is 0.465 e. The van der Waals surface area contributed by atoms with Crippen molar-refractivity contribution in [2.75, 3.05) is 0 Å². The summed E-state index contributed by atoms with van der Waals surface area (Å²) in [7, 11) is -5.78. The van der Waals surface area contributed by atoms with Crippen LogP contribution in [0.4, 0.5) is 8.78 Å². The summed E-state index contributed by atoms with van der Waals surface area (Å²) in [6.07, 6.45) is -0.870. The van der Waals surface area contributed by atoms with Crippen molar-refractivity contribution in [2.45, 2.75) is 32.1 Å². The number of carbonyl (C=O) groups excluding carboxylic acids is 1. The highest BCUT2D eigenvalue weighted by atomic mass is 32.2. The molecule has 1 N–H and O–H groups in total. The van der Waals surface area contributed by atoms with E-state index < -0.39 is 27.4 Å². The van der Waals surface area contributed by atoms with Gasteiger partial charge in [-0.15, -0.1) is 0 Å². The third-order valence-corrected chi connectivity index (χ3v) is 2.61. The van der Waals surface area contributed by atoms with E-state index in [2.05, 4.69) is 4.74 Å². The van der Waals surface area contributed by atoms with Gasteiger partial charge in [-0.05, 0) is 12.8 Å². The average Bonchev–Trinajstić information content (AvgIpc) is 2.01. The SMILES string of the molecule is CC(C)C(C)OC(=O)C(F)(F)S(=O)(=O)O. The Balaban J connectivity index is 4.75. The van der Waals surface area contributed by atoms with Crippen molar-refractivity contribution in [1.29, 1.82) is 0 Å². The highest BCUT2D eigenvalue weighted by Gasteiger charge is 2.54. The van der Waals surface area contributed by atoms with Crippen molar-refractivity contribution in [3.8, 4) is 0 Å². The number of alkyl halides is 2. The van der Waals surface area contributed by atoms with Crippen molar-refractivity contribution in [3.63, 3.8) is 0 Å². The lowest BCUT2D eigenvalue weighted by Crippen LogP contribution is -2.41. The molecule has 0 rings (SSSR count). The summed E-state index contributed by atoms with van der Waals surface area (Å²) in [5.41, 5.74) is 0. The minimum atomic E-state index is -5.78. The summed E-state index contributed by atoms with van der Waals surface area (Å²) in [5.74, 6) is -2.52. The second-order valence-electron chi connectivity index (χ2n) is 3.35. The monoisotopic (exact) mass is 246 g/mol. The van der Waals surface area contributed by atoms with Gasteiger partial charge in [0.05, 0.1) is 0 Å². The van der Waals surface area contributed by atoms with Gasteiger partial charge in [0.15, 0.2) is 0 Å². The van der Waals surface area contributed by atoms with E-state index in [4.69, 9.17) is 4.55 Å². The first-order valence-electron chi connectivity index (χ1n) is 4.06. The summed E-state index contributed by atoms with van der Waals surface area (Å²) < 4.78 is 57.8. The second-order valence-corrected chi connectivity index (χ2v) is 4.81. The van der Waals surface area contributed by atoms with Crippen LogP contribution >= 0.6 is 0 Å².